The van der Waals surface area contributed by atoms with E-state index in [1.807, 2.05) is 6.92 Å². The number of nitrogens with one attached hydrogen (secondary N) is 1. The molecule has 2 amide bonds. The first-order chi connectivity index (χ1) is 10.8. The molecule has 2 rings (SSSR count). The van der Waals surface area contributed by atoms with Gasteiger partial charge in [-0.1, -0.05) is 6.58 Å². The first kappa shape index (κ1) is 17.1. The summed E-state index contributed by atoms with van der Waals surface area (Å²) in [6.45, 7) is 7.27. The number of carbonyl (C=O) groups is 2. The number of likely N-dealkylation sites (tertiary alicyclic amines) is 1. The molecule has 1 atom stereocenters. The average molecular weight is 326 g/mol. The molecule has 1 aliphatic heterocycles. The van der Waals surface area contributed by atoms with Gasteiger partial charge in [-0.2, -0.15) is 5.10 Å². The molecule has 1 fully saturated rings. The molecule has 1 aromatic rings. The van der Waals surface area contributed by atoms with Crippen LogP contribution in [0.1, 0.15) is 29.5 Å². The Hall–Kier alpha value is -2.25. The van der Waals surface area contributed by atoms with Gasteiger partial charge >= 0.3 is 0 Å². The predicted octanol–water partition coefficient (Wildman–Crippen LogP) is 1.36. The second-order valence-corrected chi connectivity index (χ2v) is 5.51. The third kappa shape index (κ3) is 3.57. The molecule has 8 heteroatoms. The van der Waals surface area contributed by atoms with E-state index in [4.69, 9.17) is 0 Å². The monoisotopic (exact) mass is 326 g/mol. The number of rotatable bonds is 4. The Morgan fingerprint density at radius 1 is 1.57 bits per heavy atom. The van der Waals surface area contributed by atoms with Gasteiger partial charge < -0.3 is 10.2 Å². The van der Waals surface area contributed by atoms with Crippen molar-refractivity contribution >= 4 is 11.8 Å². The molecule has 1 N–H and O–H groups in total. The molecule has 2 heterocycles. The van der Waals surface area contributed by atoms with Gasteiger partial charge in [-0.15, -0.1) is 0 Å². The van der Waals surface area contributed by atoms with Crippen LogP contribution in [0.2, 0.25) is 0 Å². The normalized spacial score (nSPS) is 20.2. The number of carbonyl (C=O) groups excluding carboxylic acids is 2. The number of alkyl halides is 2. The van der Waals surface area contributed by atoms with Crippen LogP contribution in [0.15, 0.2) is 18.7 Å². The average Bonchev–Trinajstić information content (AvgIpc) is 2.89. The second kappa shape index (κ2) is 6.47. The number of aromatic nitrogens is 2. The molecular weight excluding hydrogens is 306 g/mol. The van der Waals surface area contributed by atoms with Gasteiger partial charge in [0.05, 0.1) is 0 Å². The van der Waals surface area contributed by atoms with Crippen LogP contribution in [-0.4, -0.2) is 51.5 Å². The van der Waals surface area contributed by atoms with Crippen molar-refractivity contribution in [3.05, 3.63) is 30.1 Å². The summed E-state index contributed by atoms with van der Waals surface area (Å²) in [6.07, 6.45) is 0.578. The van der Waals surface area contributed by atoms with Crippen LogP contribution < -0.4 is 5.32 Å². The van der Waals surface area contributed by atoms with Gasteiger partial charge in [0.25, 0.3) is 11.8 Å². The first-order valence-electron chi connectivity index (χ1n) is 7.43. The zero-order valence-electron chi connectivity index (χ0n) is 13.2. The summed E-state index contributed by atoms with van der Waals surface area (Å²) in [5, 5.41) is 6.38. The highest BCUT2D eigenvalue weighted by atomic mass is 19.3. The molecule has 0 saturated carbocycles. The first-order valence-corrected chi connectivity index (χ1v) is 7.43. The van der Waals surface area contributed by atoms with Gasteiger partial charge in [0, 0.05) is 31.7 Å². The van der Waals surface area contributed by atoms with Crippen molar-refractivity contribution in [1.29, 1.82) is 0 Å². The minimum Gasteiger partial charge on any atom is -0.340 e. The lowest BCUT2D eigenvalue weighted by Gasteiger charge is -2.38. The molecule has 1 aliphatic rings. The van der Waals surface area contributed by atoms with E-state index in [0.29, 0.717) is 6.54 Å². The van der Waals surface area contributed by atoms with Crippen molar-refractivity contribution in [2.75, 3.05) is 13.1 Å². The van der Waals surface area contributed by atoms with Crippen LogP contribution in [0.3, 0.4) is 0 Å². The SMILES string of the molecule is C=CC(=O)N1CCC(F)(F)[C@H](NC(=O)c2cc(C)n(CC)n2)C1. The third-order valence-corrected chi connectivity index (χ3v) is 3.93. The van der Waals surface area contributed by atoms with Crippen LogP contribution >= 0.6 is 0 Å². The Balaban J connectivity index is 2.12. The molecular formula is C15H20F2N4O2. The molecule has 6 nitrogen and oxygen atoms in total. The summed E-state index contributed by atoms with van der Waals surface area (Å²) >= 11 is 0. The molecule has 23 heavy (non-hydrogen) atoms. The van der Waals surface area contributed by atoms with Gasteiger partial charge in [-0.05, 0) is 26.0 Å². The Morgan fingerprint density at radius 2 is 2.26 bits per heavy atom. The Bertz CT molecular complexity index is 627. The number of piperidine rings is 1. The van der Waals surface area contributed by atoms with Gasteiger partial charge in [-0.25, -0.2) is 8.78 Å². The molecule has 0 aromatic carbocycles. The van der Waals surface area contributed by atoms with Gasteiger partial charge in [0.1, 0.15) is 11.7 Å². The maximum Gasteiger partial charge on any atom is 0.272 e. The highest BCUT2D eigenvalue weighted by Crippen LogP contribution is 2.28. The van der Waals surface area contributed by atoms with E-state index in [1.54, 1.807) is 17.7 Å². The summed E-state index contributed by atoms with van der Waals surface area (Å²) in [6, 6.07) is 0.103. The Kier molecular flexibility index (Phi) is 4.82. The van der Waals surface area contributed by atoms with Crippen molar-refractivity contribution in [1.82, 2.24) is 20.0 Å². The Labute approximate surface area is 133 Å². The minimum absolute atomic E-state index is 0.0617. The summed E-state index contributed by atoms with van der Waals surface area (Å²) in [7, 11) is 0. The van der Waals surface area contributed by atoms with Gasteiger partial charge in [-0.3, -0.25) is 14.3 Å². The number of amides is 2. The van der Waals surface area contributed by atoms with E-state index in [2.05, 4.69) is 17.0 Å². The zero-order chi connectivity index (χ0) is 17.2. The van der Waals surface area contributed by atoms with Crippen molar-refractivity contribution in [3.63, 3.8) is 0 Å². The number of hydrogen-bond acceptors (Lipinski definition) is 3. The van der Waals surface area contributed by atoms with Crippen molar-refractivity contribution in [2.24, 2.45) is 0 Å². The van der Waals surface area contributed by atoms with Crippen molar-refractivity contribution in [2.45, 2.75) is 38.8 Å². The number of aryl methyl sites for hydroxylation is 2. The Morgan fingerprint density at radius 3 is 2.83 bits per heavy atom. The van der Waals surface area contributed by atoms with Crippen LogP contribution in [0.5, 0.6) is 0 Å². The maximum atomic E-state index is 14.0. The fourth-order valence-electron chi connectivity index (χ4n) is 2.56. The zero-order valence-corrected chi connectivity index (χ0v) is 13.2. The quantitative estimate of drug-likeness (QED) is 0.850. The standard InChI is InChI=1S/C15H20F2N4O2/c1-4-13(22)20-7-6-15(16,17)12(9-20)18-14(23)11-8-10(3)21(5-2)19-11/h4,8,12H,1,5-7,9H2,2-3H3,(H,18,23)/t12-/m1/s1. The molecule has 1 saturated heterocycles. The third-order valence-electron chi connectivity index (χ3n) is 3.93. The topological polar surface area (TPSA) is 67.2 Å². The van der Waals surface area contributed by atoms with Crippen molar-refractivity contribution in [3.8, 4) is 0 Å². The molecule has 126 valence electrons. The molecule has 0 spiro atoms. The fourth-order valence-corrected chi connectivity index (χ4v) is 2.56. The van der Waals surface area contributed by atoms with E-state index < -0.39 is 30.2 Å². The lowest BCUT2D eigenvalue weighted by atomic mass is 10.0. The highest BCUT2D eigenvalue weighted by Gasteiger charge is 2.45. The predicted molar refractivity (Wildman–Crippen MR) is 80.2 cm³/mol. The van der Waals surface area contributed by atoms with Crippen molar-refractivity contribution < 1.29 is 18.4 Å². The van der Waals surface area contributed by atoms with Crippen LogP contribution in [-0.2, 0) is 11.3 Å². The lowest BCUT2D eigenvalue weighted by Crippen LogP contribution is -2.59. The molecule has 0 radical (unpaired) electrons. The lowest BCUT2D eigenvalue weighted by molar-refractivity contribution is -0.135. The summed E-state index contributed by atoms with van der Waals surface area (Å²) in [5.74, 6) is -4.17. The van der Waals surface area contributed by atoms with Gasteiger partial charge in [0.15, 0.2) is 0 Å². The molecule has 0 unspecified atom stereocenters. The van der Waals surface area contributed by atoms with Crippen LogP contribution in [0.4, 0.5) is 8.78 Å². The van der Waals surface area contributed by atoms with Gasteiger partial charge in [0.2, 0.25) is 5.91 Å². The van der Waals surface area contributed by atoms with E-state index >= 15 is 0 Å². The molecule has 0 aliphatic carbocycles. The smallest absolute Gasteiger partial charge is 0.272 e. The number of nitrogens with zero attached hydrogens (tertiary/aromatic N) is 3. The number of hydrogen-bond donors (Lipinski definition) is 1. The fraction of sp³-hybridized carbons (Fsp3) is 0.533. The summed E-state index contributed by atoms with van der Waals surface area (Å²) in [4.78, 5) is 25.0. The highest BCUT2D eigenvalue weighted by molar-refractivity contribution is 5.93. The minimum atomic E-state index is -3.07. The second-order valence-electron chi connectivity index (χ2n) is 5.51. The molecule has 0 bridgehead atoms. The van der Waals surface area contributed by atoms with E-state index in [9.17, 15) is 18.4 Å². The van der Waals surface area contributed by atoms with Crippen LogP contribution in [0.25, 0.3) is 0 Å². The van der Waals surface area contributed by atoms with E-state index in [1.165, 1.54) is 4.90 Å². The summed E-state index contributed by atoms with van der Waals surface area (Å²) in [5.41, 5.74) is 0.865. The molecule has 1 aromatic heterocycles. The largest absolute Gasteiger partial charge is 0.340 e. The number of halogens is 2. The van der Waals surface area contributed by atoms with Crippen LogP contribution in [0, 0.1) is 6.92 Å². The maximum absolute atomic E-state index is 14.0. The van der Waals surface area contributed by atoms with E-state index in [0.717, 1.165) is 11.8 Å². The van der Waals surface area contributed by atoms with E-state index in [-0.39, 0.29) is 18.8 Å². The summed E-state index contributed by atoms with van der Waals surface area (Å²) < 4.78 is 29.7.